The maximum atomic E-state index is 8.98. The molecule has 0 radical (unpaired) electrons. The third-order valence-electron chi connectivity index (χ3n) is 2.85. The molecule has 0 saturated carbocycles. The van der Waals surface area contributed by atoms with E-state index in [9.17, 15) is 0 Å². The van der Waals surface area contributed by atoms with E-state index in [1.807, 2.05) is 19.4 Å². The molecule has 2 rings (SSSR count). The normalized spacial score (nSPS) is 10.8. The van der Waals surface area contributed by atoms with Crippen molar-refractivity contribution in [2.24, 2.45) is 0 Å². The molecule has 5 nitrogen and oxygen atoms in total. The summed E-state index contributed by atoms with van der Waals surface area (Å²) in [6.45, 7) is 4.71. The van der Waals surface area contributed by atoms with E-state index in [2.05, 4.69) is 14.5 Å². The molecule has 0 atom stereocenters. The van der Waals surface area contributed by atoms with Crippen LogP contribution in [0.15, 0.2) is 11.7 Å². The van der Waals surface area contributed by atoms with Gasteiger partial charge in [0, 0.05) is 26.1 Å². The quantitative estimate of drug-likeness (QED) is 0.793. The van der Waals surface area contributed by atoms with Crippen molar-refractivity contribution in [3.8, 4) is 0 Å². The monoisotopic (exact) mass is 264 g/mol. The van der Waals surface area contributed by atoms with Crippen molar-refractivity contribution >= 4 is 17.2 Å². The number of aliphatic hydroxyl groups excluding tert-OH is 1. The predicted molar refractivity (Wildman–Crippen MR) is 70.3 cm³/mol. The Kier molecular flexibility index (Phi) is 3.88. The maximum Gasteiger partial charge on any atom is 0.225 e. The predicted octanol–water partition coefficient (Wildman–Crippen LogP) is 0.608. The number of hydrogen-bond acceptors (Lipinski definition) is 5. The van der Waals surface area contributed by atoms with Gasteiger partial charge in [-0.2, -0.15) is 4.57 Å². The van der Waals surface area contributed by atoms with Crippen LogP contribution in [0.1, 0.15) is 22.0 Å². The third kappa shape index (κ3) is 2.65. The molecule has 18 heavy (non-hydrogen) atoms. The summed E-state index contributed by atoms with van der Waals surface area (Å²) in [5, 5.41) is 8.98. The Morgan fingerprint density at radius 2 is 2.22 bits per heavy atom. The van der Waals surface area contributed by atoms with Gasteiger partial charge in [0.1, 0.15) is 11.6 Å². The number of aromatic nitrogens is 3. The Labute approximate surface area is 110 Å². The molecule has 2 aromatic heterocycles. The fourth-order valence-electron chi connectivity index (χ4n) is 1.77. The summed E-state index contributed by atoms with van der Waals surface area (Å²) in [5.74, 6) is 1.22. The molecule has 0 aromatic carbocycles. The summed E-state index contributed by atoms with van der Waals surface area (Å²) in [4.78, 5) is 9.53. The molecule has 0 spiro atoms. The molecule has 0 aliphatic rings. The minimum Gasteiger partial charge on any atom is -0.396 e. The van der Waals surface area contributed by atoms with Crippen LogP contribution in [-0.4, -0.2) is 21.7 Å². The molecule has 0 bridgehead atoms. The van der Waals surface area contributed by atoms with Gasteiger partial charge in [0.05, 0.1) is 10.4 Å². The van der Waals surface area contributed by atoms with Gasteiger partial charge in [-0.1, -0.05) is 11.3 Å². The zero-order valence-electron chi connectivity index (χ0n) is 10.6. The number of thiazole rings is 1. The van der Waals surface area contributed by atoms with E-state index in [-0.39, 0.29) is 6.61 Å². The Balaban J connectivity index is 2.23. The highest BCUT2D eigenvalue weighted by atomic mass is 32.1. The number of rotatable bonds is 4. The van der Waals surface area contributed by atoms with Gasteiger partial charge in [-0.05, 0) is 6.92 Å². The highest BCUT2D eigenvalue weighted by Crippen LogP contribution is 2.13. The van der Waals surface area contributed by atoms with Gasteiger partial charge < -0.3 is 10.8 Å². The Morgan fingerprint density at radius 3 is 2.89 bits per heavy atom. The van der Waals surface area contributed by atoms with E-state index in [1.54, 1.807) is 17.5 Å². The van der Waals surface area contributed by atoms with Crippen molar-refractivity contribution in [3.63, 3.8) is 0 Å². The lowest BCUT2D eigenvalue weighted by Crippen LogP contribution is -2.35. The molecule has 0 saturated heterocycles. The topological polar surface area (TPSA) is 75.9 Å². The number of nitrogens with zero attached hydrogens (tertiary/aromatic N) is 3. The van der Waals surface area contributed by atoms with Crippen LogP contribution in [0.25, 0.3) is 0 Å². The second-order valence-corrected chi connectivity index (χ2v) is 5.10. The van der Waals surface area contributed by atoms with E-state index < -0.39 is 0 Å². The van der Waals surface area contributed by atoms with Crippen molar-refractivity contribution in [1.82, 2.24) is 9.97 Å². The number of aliphatic hydroxyl groups is 1. The first-order valence-corrected chi connectivity index (χ1v) is 6.65. The van der Waals surface area contributed by atoms with Crippen LogP contribution in [0.5, 0.6) is 0 Å². The average Bonchev–Trinajstić information content (AvgIpc) is 2.66. The van der Waals surface area contributed by atoms with Gasteiger partial charge in [0.25, 0.3) is 0 Å². The molecule has 2 heterocycles. The van der Waals surface area contributed by atoms with E-state index in [0.717, 1.165) is 11.3 Å². The lowest BCUT2D eigenvalue weighted by Gasteiger charge is -2.01. The molecule has 0 aliphatic heterocycles. The summed E-state index contributed by atoms with van der Waals surface area (Å²) in [6, 6.07) is 0. The van der Waals surface area contributed by atoms with Gasteiger partial charge in [-0.15, -0.1) is 0 Å². The average molecular weight is 264 g/mol. The molecular weight excluding hydrogens is 247 g/mol. The van der Waals surface area contributed by atoms with Crippen LogP contribution in [-0.2, 0) is 13.0 Å². The first kappa shape index (κ1) is 12.9. The SMILES string of the molecule is Cc1ncc(C[n+]2csc(CCO)c2[11CH3])c(N)n1. The van der Waals surface area contributed by atoms with E-state index >= 15 is 0 Å². The van der Waals surface area contributed by atoms with Crippen LogP contribution in [0.4, 0.5) is 5.82 Å². The molecule has 0 amide bonds. The van der Waals surface area contributed by atoms with E-state index in [0.29, 0.717) is 24.6 Å². The molecule has 3 N–H and O–H groups in total. The summed E-state index contributed by atoms with van der Waals surface area (Å²) in [7, 11) is 0. The van der Waals surface area contributed by atoms with Gasteiger partial charge in [-0.25, -0.2) is 9.97 Å². The lowest BCUT2D eigenvalue weighted by molar-refractivity contribution is -0.689. The van der Waals surface area contributed by atoms with Crippen LogP contribution < -0.4 is 10.3 Å². The number of hydrogen-bond donors (Lipinski definition) is 2. The molecule has 0 fully saturated rings. The molecule has 0 unspecified atom stereocenters. The van der Waals surface area contributed by atoms with Crippen molar-refractivity contribution < 1.29 is 9.67 Å². The Morgan fingerprint density at radius 1 is 1.44 bits per heavy atom. The van der Waals surface area contributed by atoms with Gasteiger partial charge in [-0.3, -0.25) is 0 Å². The third-order valence-corrected chi connectivity index (χ3v) is 4.00. The lowest BCUT2D eigenvalue weighted by atomic mass is 10.1. The largest absolute Gasteiger partial charge is 0.396 e. The highest BCUT2D eigenvalue weighted by Gasteiger charge is 2.16. The number of aryl methyl sites for hydroxylation is 1. The van der Waals surface area contributed by atoms with Crippen molar-refractivity contribution in [3.05, 3.63) is 33.7 Å². The summed E-state index contributed by atoms with van der Waals surface area (Å²) in [6.07, 6.45) is 2.47. The number of nitrogen functional groups attached to an aromatic ring is 1. The maximum absolute atomic E-state index is 8.98. The molecule has 0 aliphatic carbocycles. The summed E-state index contributed by atoms with van der Waals surface area (Å²) in [5.41, 5.74) is 10.0. The van der Waals surface area contributed by atoms with Gasteiger partial charge >= 0.3 is 0 Å². The Hall–Kier alpha value is -1.53. The molecular formula is C12H17N4OS+. The first-order chi connectivity index (χ1) is 8.61. The highest BCUT2D eigenvalue weighted by molar-refractivity contribution is 7.09. The summed E-state index contributed by atoms with van der Waals surface area (Å²) < 4.78 is 2.11. The number of nitrogens with two attached hydrogens (primary N) is 1. The van der Waals surface area contributed by atoms with Crippen LogP contribution in [0.3, 0.4) is 0 Å². The van der Waals surface area contributed by atoms with Crippen molar-refractivity contribution in [1.29, 1.82) is 0 Å². The molecule has 96 valence electrons. The standard InChI is InChI=1S/C12H17N4OS/c1-8-11(3-4-17)18-7-16(8)6-10-5-14-9(2)15-12(10)13/h5,7,17H,3-4,6H2,1-2H3,(H2,13,14,15)/q+1/i1-1. The van der Waals surface area contributed by atoms with Crippen molar-refractivity contribution in [2.45, 2.75) is 26.8 Å². The molecule has 6 heteroatoms. The molecule has 2 aromatic rings. The van der Waals surface area contributed by atoms with Gasteiger partial charge in [0.2, 0.25) is 5.51 Å². The smallest absolute Gasteiger partial charge is 0.225 e. The van der Waals surface area contributed by atoms with Crippen LogP contribution >= 0.6 is 11.3 Å². The second kappa shape index (κ2) is 5.41. The zero-order chi connectivity index (χ0) is 13.1. The van der Waals surface area contributed by atoms with Crippen molar-refractivity contribution in [2.75, 3.05) is 12.3 Å². The minimum absolute atomic E-state index is 0.178. The summed E-state index contributed by atoms with van der Waals surface area (Å²) >= 11 is 1.65. The fraction of sp³-hybridized carbons (Fsp3) is 0.417. The van der Waals surface area contributed by atoms with E-state index in [1.165, 1.54) is 4.88 Å². The number of anilines is 1. The van der Waals surface area contributed by atoms with Crippen LogP contribution in [0, 0.1) is 13.8 Å². The van der Waals surface area contributed by atoms with Gasteiger partial charge in [0.15, 0.2) is 12.2 Å². The van der Waals surface area contributed by atoms with Crippen LogP contribution in [0.2, 0.25) is 0 Å². The zero-order valence-corrected chi connectivity index (χ0v) is 11.4. The van der Waals surface area contributed by atoms with E-state index in [4.69, 9.17) is 10.8 Å². The second-order valence-electron chi connectivity index (χ2n) is 4.16. The Bertz CT molecular complexity index is 553. The first-order valence-electron chi connectivity index (χ1n) is 5.77. The minimum atomic E-state index is 0.178. The fourth-order valence-corrected chi connectivity index (χ4v) is 2.75.